The minimum atomic E-state index is -0.528. The Morgan fingerprint density at radius 3 is 2.81 bits per heavy atom. The molecule has 0 saturated heterocycles. The van der Waals surface area contributed by atoms with Crippen LogP contribution in [-0.2, 0) is 0 Å². The predicted octanol–water partition coefficient (Wildman–Crippen LogP) is 3.57. The number of nitrogens with two attached hydrogens (primary N) is 1. The molecule has 1 aliphatic heterocycles. The van der Waals surface area contributed by atoms with Crippen LogP contribution in [0.25, 0.3) is 0 Å². The zero-order valence-electron chi connectivity index (χ0n) is 11.3. The second kappa shape index (κ2) is 5.18. The number of rotatable bonds is 1. The number of primary amides is 1. The van der Waals surface area contributed by atoms with Gasteiger partial charge in [0.1, 0.15) is 11.9 Å². The van der Waals surface area contributed by atoms with Crippen molar-refractivity contribution in [3.8, 4) is 11.5 Å². The number of urea groups is 1. The van der Waals surface area contributed by atoms with E-state index in [9.17, 15) is 4.79 Å². The zero-order valence-corrected chi connectivity index (χ0v) is 12.1. The van der Waals surface area contributed by atoms with E-state index in [1.807, 2.05) is 30.3 Å². The summed E-state index contributed by atoms with van der Waals surface area (Å²) in [6.45, 7) is 0. The summed E-state index contributed by atoms with van der Waals surface area (Å²) >= 11 is 6.01. The van der Waals surface area contributed by atoms with Crippen LogP contribution in [-0.4, -0.2) is 18.0 Å². The fourth-order valence-electron chi connectivity index (χ4n) is 2.28. The molecule has 6 heteroatoms. The number of nitrogens with one attached hydrogen (secondary N) is 1. The molecular weight excluding hydrogens is 290 g/mol. The summed E-state index contributed by atoms with van der Waals surface area (Å²) in [5, 5.41) is 3.84. The number of fused-ring (bicyclic) bond motifs is 2. The van der Waals surface area contributed by atoms with Crippen molar-refractivity contribution in [3.63, 3.8) is 0 Å². The number of halogens is 1. The van der Waals surface area contributed by atoms with Gasteiger partial charge in [-0.2, -0.15) is 0 Å². The predicted molar refractivity (Wildman–Crippen MR) is 81.7 cm³/mol. The summed E-state index contributed by atoms with van der Waals surface area (Å²) in [5.74, 6) is 1.26. The molecule has 1 heterocycles. The summed E-state index contributed by atoms with van der Waals surface area (Å²) in [6, 6.07) is 12.3. The number of amides is 2. The molecule has 2 aromatic carbocycles. The van der Waals surface area contributed by atoms with Crippen molar-refractivity contribution in [1.82, 2.24) is 4.90 Å². The van der Waals surface area contributed by atoms with Gasteiger partial charge < -0.3 is 20.7 Å². The molecule has 1 aliphatic rings. The van der Waals surface area contributed by atoms with Crippen molar-refractivity contribution in [1.29, 1.82) is 0 Å². The second-order valence-electron chi connectivity index (χ2n) is 4.78. The minimum Gasteiger partial charge on any atom is -0.455 e. The van der Waals surface area contributed by atoms with Crippen LogP contribution in [0.3, 0.4) is 0 Å². The lowest BCUT2D eigenvalue weighted by Gasteiger charge is -2.27. The maximum atomic E-state index is 11.5. The molecular formula is C15H14ClN3O2. The molecule has 3 N–H and O–H groups in total. The normalized spacial score (nSPS) is 15.8. The molecule has 21 heavy (non-hydrogen) atoms. The number of hydrogen-bond donors (Lipinski definition) is 2. The van der Waals surface area contributed by atoms with Gasteiger partial charge in [-0.15, -0.1) is 0 Å². The maximum absolute atomic E-state index is 11.5. The molecule has 0 aliphatic carbocycles. The highest BCUT2D eigenvalue weighted by Crippen LogP contribution is 2.41. The average Bonchev–Trinajstić information content (AvgIpc) is 2.62. The van der Waals surface area contributed by atoms with Gasteiger partial charge in [0, 0.05) is 23.7 Å². The van der Waals surface area contributed by atoms with Crippen molar-refractivity contribution in [2.24, 2.45) is 5.73 Å². The number of anilines is 1. The molecule has 0 fully saturated rings. The first-order valence-electron chi connectivity index (χ1n) is 6.41. The maximum Gasteiger partial charge on any atom is 0.316 e. The van der Waals surface area contributed by atoms with E-state index in [0.29, 0.717) is 16.5 Å². The number of hydrogen-bond acceptors (Lipinski definition) is 3. The first kappa shape index (κ1) is 13.6. The molecule has 0 bridgehead atoms. The van der Waals surface area contributed by atoms with Gasteiger partial charge in [-0.25, -0.2) is 4.79 Å². The van der Waals surface area contributed by atoms with Crippen LogP contribution >= 0.6 is 11.6 Å². The Hall–Kier alpha value is -2.40. The van der Waals surface area contributed by atoms with Gasteiger partial charge in [0.25, 0.3) is 0 Å². The Kier molecular flexibility index (Phi) is 3.35. The SMILES string of the molecule is CN(C(N)=O)C1Nc2ccc(Cl)cc2Oc2ccccc21. The van der Waals surface area contributed by atoms with E-state index in [2.05, 4.69) is 5.32 Å². The minimum absolute atomic E-state index is 0.416. The van der Waals surface area contributed by atoms with E-state index in [1.165, 1.54) is 4.90 Å². The molecule has 2 amide bonds. The number of benzene rings is 2. The van der Waals surface area contributed by atoms with Gasteiger partial charge in [0.2, 0.25) is 0 Å². The van der Waals surface area contributed by atoms with Crippen LogP contribution in [0.4, 0.5) is 10.5 Å². The summed E-state index contributed by atoms with van der Waals surface area (Å²) in [7, 11) is 1.64. The lowest BCUT2D eigenvalue weighted by atomic mass is 10.1. The molecule has 0 saturated carbocycles. The fourth-order valence-corrected chi connectivity index (χ4v) is 2.44. The second-order valence-corrected chi connectivity index (χ2v) is 5.21. The number of para-hydroxylation sites is 1. The zero-order chi connectivity index (χ0) is 15.0. The van der Waals surface area contributed by atoms with Crippen LogP contribution in [0, 0.1) is 0 Å². The smallest absolute Gasteiger partial charge is 0.316 e. The number of ether oxygens (including phenoxy) is 1. The Morgan fingerprint density at radius 2 is 2.05 bits per heavy atom. The topological polar surface area (TPSA) is 67.6 Å². The van der Waals surface area contributed by atoms with E-state index in [1.54, 1.807) is 19.2 Å². The third-order valence-electron chi connectivity index (χ3n) is 3.40. The third kappa shape index (κ3) is 2.48. The Balaban J connectivity index is 2.13. The van der Waals surface area contributed by atoms with E-state index in [-0.39, 0.29) is 0 Å². The molecule has 0 aromatic heterocycles. The van der Waals surface area contributed by atoms with Crippen molar-refractivity contribution in [2.45, 2.75) is 6.17 Å². The van der Waals surface area contributed by atoms with Crippen molar-refractivity contribution < 1.29 is 9.53 Å². The summed E-state index contributed by atoms with van der Waals surface area (Å²) in [5.41, 5.74) is 6.97. The van der Waals surface area contributed by atoms with Gasteiger partial charge in [-0.1, -0.05) is 29.8 Å². The quantitative estimate of drug-likeness (QED) is 0.846. The molecule has 3 rings (SSSR count). The number of nitrogens with zero attached hydrogens (tertiary/aromatic N) is 1. The highest BCUT2D eigenvalue weighted by Gasteiger charge is 2.27. The molecule has 0 spiro atoms. The molecule has 5 nitrogen and oxygen atoms in total. The van der Waals surface area contributed by atoms with Crippen molar-refractivity contribution in [3.05, 3.63) is 53.1 Å². The average molecular weight is 304 g/mol. The molecule has 0 radical (unpaired) electrons. The summed E-state index contributed by atoms with van der Waals surface area (Å²) in [6.07, 6.45) is -0.416. The molecule has 2 aromatic rings. The van der Waals surface area contributed by atoms with Gasteiger partial charge in [-0.05, 0) is 18.2 Å². The van der Waals surface area contributed by atoms with E-state index >= 15 is 0 Å². The first-order valence-corrected chi connectivity index (χ1v) is 6.79. The van der Waals surface area contributed by atoms with Gasteiger partial charge in [0.05, 0.1) is 5.69 Å². The first-order chi connectivity index (χ1) is 10.1. The fraction of sp³-hybridized carbons (Fsp3) is 0.133. The van der Waals surface area contributed by atoms with Gasteiger partial charge in [-0.3, -0.25) is 0 Å². The van der Waals surface area contributed by atoms with Crippen LogP contribution in [0.2, 0.25) is 5.02 Å². The van der Waals surface area contributed by atoms with Crippen molar-refractivity contribution in [2.75, 3.05) is 12.4 Å². The summed E-state index contributed by atoms with van der Waals surface area (Å²) in [4.78, 5) is 13.0. The molecule has 108 valence electrons. The summed E-state index contributed by atoms with van der Waals surface area (Å²) < 4.78 is 5.92. The Bertz CT molecular complexity index is 705. The van der Waals surface area contributed by atoms with Crippen LogP contribution in [0.1, 0.15) is 11.7 Å². The van der Waals surface area contributed by atoms with Gasteiger partial charge >= 0.3 is 6.03 Å². The number of carbonyl (C=O) groups is 1. The van der Waals surface area contributed by atoms with E-state index < -0.39 is 12.2 Å². The third-order valence-corrected chi connectivity index (χ3v) is 3.64. The van der Waals surface area contributed by atoms with E-state index in [0.717, 1.165) is 11.3 Å². The van der Waals surface area contributed by atoms with Crippen molar-refractivity contribution >= 4 is 23.3 Å². The number of carbonyl (C=O) groups excluding carboxylic acids is 1. The monoisotopic (exact) mass is 303 g/mol. The van der Waals surface area contributed by atoms with Crippen LogP contribution < -0.4 is 15.8 Å². The highest BCUT2D eigenvalue weighted by atomic mass is 35.5. The Morgan fingerprint density at radius 1 is 1.29 bits per heavy atom. The Labute approximate surface area is 127 Å². The highest BCUT2D eigenvalue weighted by molar-refractivity contribution is 6.30. The van der Waals surface area contributed by atoms with Crippen LogP contribution in [0.15, 0.2) is 42.5 Å². The molecule has 1 unspecified atom stereocenters. The standard InChI is InChI=1S/C15H14ClN3O2/c1-19(15(17)20)14-10-4-2-3-5-12(10)21-13-8-9(16)6-7-11(13)18-14/h2-8,14,18H,1H3,(H2,17,20). The molecule has 1 atom stereocenters. The largest absolute Gasteiger partial charge is 0.455 e. The van der Waals surface area contributed by atoms with Gasteiger partial charge in [0.15, 0.2) is 5.75 Å². The van der Waals surface area contributed by atoms with Crippen LogP contribution in [0.5, 0.6) is 11.5 Å². The lowest BCUT2D eigenvalue weighted by Crippen LogP contribution is -2.38. The van der Waals surface area contributed by atoms with E-state index in [4.69, 9.17) is 22.1 Å². The lowest BCUT2D eigenvalue weighted by molar-refractivity contribution is 0.206.